The Balaban J connectivity index is 2.52. The van der Waals surface area contributed by atoms with E-state index in [0.717, 1.165) is 12.1 Å². The Kier molecular flexibility index (Phi) is 1.92. The van der Waals surface area contributed by atoms with E-state index >= 15 is 0 Å². The smallest absolute Gasteiger partial charge is 0.162 e. The van der Waals surface area contributed by atoms with Gasteiger partial charge in [0.15, 0.2) is 11.6 Å². The van der Waals surface area contributed by atoms with Crippen molar-refractivity contribution >= 4 is 0 Å². The molecule has 0 spiro atoms. The first kappa shape index (κ1) is 8.44. The van der Waals surface area contributed by atoms with Crippen LogP contribution in [0.15, 0.2) is 12.1 Å². The zero-order valence-corrected chi connectivity index (χ0v) is 6.76. The number of rotatable bonds is 0. The van der Waals surface area contributed by atoms with Crippen LogP contribution in [0.25, 0.3) is 0 Å². The third-order valence-corrected chi connectivity index (χ3v) is 2.06. The van der Waals surface area contributed by atoms with Crippen LogP contribution >= 0.6 is 0 Å². The third kappa shape index (κ3) is 1.37. The van der Waals surface area contributed by atoms with Gasteiger partial charge < -0.3 is 9.84 Å². The highest BCUT2D eigenvalue weighted by atomic mass is 19.2. The Bertz CT molecular complexity index is 339. The second-order valence-electron chi connectivity index (χ2n) is 2.96. The Morgan fingerprint density at radius 2 is 2.00 bits per heavy atom. The van der Waals surface area contributed by atoms with Gasteiger partial charge in [-0.3, -0.25) is 0 Å². The maximum Gasteiger partial charge on any atom is 0.162 e. The number of fused-ring (bicyclic) bond motifs is 1. The molecule has 1 aliphatic heterocycles. The summed E-state index contributed by atoms with van der Waals surface area (Å²) in [5.41, 5.74) is 0.324. The van der Waals surface area contributed by atoms with Gasteiger partial charge in [-0.15, -0.1) is 0 Å². The van der Waals surface area contributed by atoms with Gasteiger partial charge in [-0.2, -0.15) is 0 Å². The van der Waals surface area contributed by atoms with Gasteiger partial charge in [0.05, 0.1) is 12.7 Å². The topological polar surface area (TPSA) is 29.5 Å². The van der Waals surface area contributed by atoms with Crippen molar-refractivity contribution in [3.8, 4) is 5.75 Å². The second-order valence-corrected chi connectivity index (χ2v) is 2.96. The van der Waals surface area contributed by atoms with Gasteiger partial charge >= 0.3 is 0 Å². The lowest BCUT2D eigenvalue weighted by molar-refractivity contribution is 0.114. The fraction of sp³-hybridized carbons (Fsp3) is 0.333. The summed E-state index contributed by atoms with van der Waals surface area (Å²) in [5, 5.41) is 9.41. The molecule has 0 radical (unpaired) electrons. The molecule has 0 saturated heterocycles. The average Bonchev–Trinajstić information content (AvgIpc) is 2.09. The average molecular weight is 186 g/mol. The van der Waals surface area contributed by atoms with Crippen molar-refractivity contribution in [2.75, 3.05) is 6.61 Å². The van der Waals surface area contributed by atoms with Gasteiger partial charge in [-0.1, -0.05) is 0 Å². The van der Waals surface area contributed by atoms with Crippen molar-refractivity contribution in [3.05, 3.63) is 29.3 Å². The molecule has 1 unspecified atom stereocenters. The number of hydrogen-bond donors (Lipinski definition) is 1. The fourth-order valence-corrected chi connectivity index (χ4v) is 1.37. The van der Waals surface area contributed by atoms with Crippen molar-refractivity contribution in [2.24, 2.45) is 0 Å². The van der Waals surface area contributed by atoms with Gasteiger partial charge in [0.25, 0.3) is 0 Å². The van der Waals surface area contributed by atoms with Gasteiger partial charge in [0.2, 0.25) is 0 Å². The van der Waals surface area contributed by atoms with Crippen LogP contribution in [-0.4, -0.2) is 11.7 Å². The van der Waals surface area contributed by atoms with Crippen LogP contribution in [-0.2, 0) is 0 Å². The molecular weight excluding hydrogens is 178 g/mol. The molecule has 0 saturated carbocycles. The first-order valence-corrected chi connectivity index (χ1v) is 3.98. The minimum absolute atomic E-state index is 0.234. The number of aliphatic hydroxyl groups excluding tert-OH is 1. The minimum Gasteiger partial charge on any atom is -0.493 e. The second kappa shape index (κ2) is 2.96. The molecule has 0 bridgehead atoms. The predicted molar refractivity (Wildman–Crippen MR) is 41.4 cm³/mol. The SMILES string of the molecule is OC1CCOc2cc(F)c(F)cc21. The summed E-state index contributed by atoms with van der Waals surface area (Å²) in [6.45, 7) is 0.333. The number of halogens is 2. The van der Waals surface area contributed by atoms with Gasteiger partial charge in [-0.05, 0) is 6.07 Å². The van der Waals surface area contributed by atoms with E-state index in [4.69, 9.17) is 4.74 Å². The van der Waals surface area contributed by atoms with Crippen LogP contribution in [0.1, 0.15) is 18.1 Å². The standard InChI is InChI=1S/C9H8F2O2/c10-6-3-5-8(12)1-2-13-9(5)4-7(6)11/h3-4,8,12H,1-2H2. The van der Waals surface area contributed by atoms with Crippen molar-refractivity contribution in [3.63, 3.8) is 0 Å². The normalized spacial score (nSPS) is 20.7. The molecule has 0 aromatic heterocycles. The van der Waals surface area contributed by atoms with E-state index in [1.165, 1.54) is 0 Å². The molecule has 1 aliphatic rings. The van der Waals surface area contributed by atoms with Crippen molar-refractivity contribution in [2.45, 2.75) is 12.5 Å². The molecule has 2 nitrogen and oxygen atoms in total. The lowest BCUT2D eigenvalue weighted by atomic mass is 10.0. The van der Waals surface area contributed by atoms with Crippen LogP contribution in [0.4, 0.5) is 8.78 Å². The molecule has 4 heteroatoms. The van der Waals surface area contributed by atoms with Crippen LogP contribution in [0, 0.1) is 11.6 Å². The highest BCUT2D eigenvalue weighted by Gasteiger charge is 2.21. The Labute approximate surface area is 73.8 Å². The van der Waals surface area contributed by atoms with E-state index in [0.29, 0.717) is 18.6 Å². The Morgan fingerprint density at radius 3 is 2.77 bits per heavy atom. The molecule has 70 valence electrons. The van der Waals surface area contributed by atoms with E-state index in [-0.39, 0.29) is 5.75 Å². The number of ether oxygens (including phenoxy) is 1. The summed E-state index contributed by atoms with van der Waals surface area (Å²) in [7, 11) is 0. The monoisotopic (exact) mass is 186 g/mol. The lowest BCUT2D eigenvalue weighted by Gasteiger charge is -2.21. The molecule has 0 fully saturated rings. The lowest BCUT2D eigenvalue weighted by Crippen LogP contribution is -2.14. The molecule has 1 atom stereocenters. The highest BCUT2D eigenvalue weighted by molar-refractivity contribution is 5.37. The first-order chi connectivity index (χ1) is 6.18. The zero-order chi connectivity index (χ0) is 9.42. The largest absolute Gasteiger partial charge is 0.493 e. The highest BCUT2D eigenvalue weighted by Crippen LogP contribution is 2.33. The summed E-state index contributed by atoms with van der Waals surface area (Å²) < 4.78 is 30.5. The van der Waals surface area contributed by atoms with E-state index in [2.05, 4.69) is 0 Å². The van der Waals surface area contributed by atoms with Crippen molar-refractivity contribution in [1.82, 2.24) is 0 Å². The Hall–Kier alpha value is -1.16. The summed E-state index contributed by atoms with van der Waals surface area (Å²) in [6.07, 6.45) is -0.336. The molecule has 13 heavy (non-hydrogen) atoms. The van der Waals surface area contributed by atoms with Crippen molar-refractivity contribution in [1.29, 1.82) is 0 Å². The molecule has 1 aromatic rings. The fourth-order valence-electron chi connectivity index (χ4n) is 1.37. The maximum absolute atomic E-state index is 12.7. The molecule has 1 aromatic carbocycles. The molecule has 0 amide bonds. The van der Waals surface area contributed by atoms with Gasteiger partial charge in [0.1, 0.15) is 5.75 Å². The molecule has 1 heterocycles. The van der Waals surface area contributed by atoms with Gasteiger partial charge in [-0.25, -0.2) is 8.78 Å². The van der Waals surface area contributed by atoms with Crippen LogP contribution in [0.2, 0.25) is 0 Å². The van der Waals surface area contributed by atoms with E-state index in [9.17, 15) is 13.9 Å². The maximum atomic E-state index is 12.7. The van der Waals surface area contributed by atoms with Crippen LogP contribution in [0.3, 0.4) is 0 Å². The summed E-state index contributed by atoms with van der Waals surface area (Å²) >= 11 is 0. The molecule has 1 N–H and O–H groups in total. The summed E-state index contributed by atoms with van der Waals surface area (Å²) in [5.74, 6) is -1.67. The summed E-state index contributed by atoms with van der Waals surface area (Å²) in [4.78, 5) is 0. The zero-order valence-electron chi connectivity index (χ0n) is 6.76. The van der Waals surface area contributed by atoms with Crippen LogP contribution < -0.4 is 4.74 Å². The van der Waals surface area contributed by atoms with E-state index in [1.54, 1.807) is 0 Å². The van der Waals surface area contributed by atoms with E-state index < -0.39 is 17.7 Å². The predicted octanol–water partition coefficient (Wildman–Crippen LogP) is 1.78. The first-order valence-electron chi connectivity index (χ1n) is 3.98. The van der Waals surface area contributed by atoms with E-state index in [1.807, 2.05) is 0 Å². The minimum atomic E-state index is -0.955. The third-order valence-electron chi connectivity index (χ3n) is 2.06. The quantitative estimate of drug-likeness (QED) is 0.669. The van der Waals surface area contributed by atoms with Crippen molar-refractivity contribution < 1.29 is 18.6 Å². The Morgan fingerprint density at radius 1 is 1.31 bits per heavy atom. The number of aliphatic hydroxyl groups is 1. The molecular formula is C9H8F2O2. The van der Waals surface area contributed by atoms with Crippen LogP contribution in [0.5, 0.6) is 5.75 Å². The molecule has 0 aliphatic carbocycles. The number of hydrogen-bond acceptors (Lipinski definition) is 2. The number of benzene rings is 1. The molecule has 2 rings (SSSR count). The summed E-state index contributed by atoms with van der Waals surface area (Å²) in [6, 6.07) is 1.95. The van der Waals surface area contributed by atoms with Gasteiger partial charge in [0, 0.05) is 18.1 Å².